The van der Waals surface area contributed by atoms with Gasteiger partial charge in [0, 0.05) is 11.1 Å². The predicted molar refractivity (Wildman–Crippen MR) is 123 cm³/mol. The standard InChI is InChI=1S/C26H22O6/c1-29-17-9-5-15-7-11-19(25(27)31-3)23(21(15)13-17)24-20(26(28)32-4)12-8-16-6-10-18(30-2)14-22(16)24/h5-14H,1-4H3. The summed E-state index contributed by atoms with van der Waals surface area (Å²) >= 11 is 0. The molecule has 0 amide bonds. The average Bonchev–Trinajstić information content (AvgIpc) is 2.85. The Hall–Kier alpha value is -4.06. The molecule has 0 saturated carbocycles. The molecule has 4 aromatic carbocycles. The van der Waals surface area contributed by atoms with E-state index < -0.39 is 11.9 Å². The first-order chi connectivity index (χ1) is 15.5. The van der Waals surface area contributed by atoms with E-state index in [1.165, 1.54) is 14.2 Å². The Balaban J connectivity index is 2.25. The summed E-state index contributed by atoms with van der Waals surface area (Å²) in [7, 11) is 5.81. The van der Waals surface area contributed by atoms with Crippen LogP contribution < -0.4 is 9.47 Å². The van der Waals surface area contributed by atoms with Gasteiger partial charge < -0.3 is 18.9 Å². The lowest BCUT2D eigenvalue weighted by Gasteiger charge is -2.18. The molecule has 0 aliphatic rings. The Morgan fingerprint density at radius 1 is 0.562 bits per heavy atom. The zero-order valence-electron chi connectivity index (χ0n) is 18.2. The van der Waals surface area contributed by atoms with Gasteiger partial charge in [-0.1, -0.05) is 24.3 Å². The highest BCUT2D eigenvalue weighted by Gasteiger charge is 2.24. The van der Waals surface area contributed by atoms with Crippen LogP contribution in [-0.4, -0.2) is 40.4 Å². The highest BCUT2D eigenvalue weighted by molar-refractivity contribution is 6.17. The molecule has 6 heteroatoms. The first-order valence-electron chi connectivity index (χ1n) is 9.91. The predicted octanol–water partition coefficient (Wildman–Crippen LogP) is 5.25. The van der Waals surface area contributed by atoms with Gasteiger partial charge in [0.25, 0.3) is 0 Å². The normalized spacial score (nSPS) is 10.8. The number of hydrogen-bond donors (Lipinski definition) is 0. The van der Waals surface area contributed by atoms with Crippen LogP contribution in [0.4, 0.5) is 0 Å². The first-order valence-corrected chi connectivity index (χ1v) is 9.91. The van der Waals surface area contributed by atoms with Crippen molar-refractivity contribution in [1.29, 1.82) is 0 Å². The number of rotatable bonds is 5. The van der Waals surface area contributed by atoms with Crippen LogP contribution in [0.5, 0.6) is 11.5 Å². The van der Waals surface area contributed by atoms with Gasteiger partial charge in [-0.2, -0.15) is 0 Å². The molecule has 6 nitrogen and oxygen atoms in total. The topological polar surface area (TPSA) is 71.1 Å². The maximum atomic E-state index is 12.8. The lowest BCUT2D eigenvalue weighted by atomic mass is 9.87. The molecule has 162 valence electrons. The van der Waals surface area contributed by atoms with Gasteiger partial charge in [-0.15, -0.1) is 0 Å². The van der Waals surface area contributed by atoms with Crippen LogP contribution in [0.2, 0.25) is 0 Å². The van der Waals surface area contributed by atoms with Gasteiger partial charge in [-0.25, -0.2) is 9.59 Å². The second kappa shape index (κ2) is 8.59. The summed E-state index contributed by atoms with van der Waals surface area (Å²) in [6, 6.07) is 18.3. The Morgan fingerprint density at radius 2 is 0.938 bits per heavy atom. The van der Waals surface area contributed by atoms with Crippen molar-refractivity contribution in [2.75, 3.05) is 28.4 Å². The molecule has 0 heterocycles. The molecule has 0 bridgehead atoms. The van der Waals surface area contributed by atoms with Crippen molar-refractivity contribution >= 4 is 33.5 Å². The van der Waals surface area contributed by atoms with Gasteiger partial charge in [0.15, 0.2) is 0 Å². The summed E-state index contributed by atoms with van der Waals surface area (Å²) in [5, 5.41) is 3.24. The van der Waals surface area contributed by atoms with Crippen molar-refractivity contribution in [3.05, 3.63) is 71.8 Å². The van der Waals surface area contributed by atoms with E-state index in [9.17, 15) is 9.59 Å². The zero-order valence-corrected chi connectivity index (χ0v) is 18.2. The lowest BCUT2D eigenvalue weighted by Crippen LogP contribution is -2.09. The first kappa shape index (κ1) is 21.2. The maximum Gasteiger partial charge on any atom is 0.338 e. The second-order valence-electron chi connectivity index (χ2n) is 7.13. The molecule has 0 aliphatic heterocycles. The number of hydrogen-bond acceptors (Lipinski definition) is 6. The third-order valence-electron chi connectivity index (χ3n) is 5.52. The van der Waals surface area contributed by atoms with Crippen molar-refractivity contribution < 1.29 is 28.5 Å². The van der Waals surface area contributed by atoms with E-state index in [0.717, 1.165) is 21.5 Å². The number of esters is 2. The molecular formula is C26H22O6. The van der Waals surface area contributed by atoms with Crippen molar-refractivity contribution in [3.63, 3.8) is 0 Å². The average molecular weight is 430 g/mol. The Bertz CT molecular complexity index is 1250. The number of ether oxygens (including phenoxy) is 4. The number of carbonyl (C=O) groups excluding carboxylic acids is 2. The molecular weight excluding hydrogens is 408 g/mol. The third-order valence-corrected chi connectivity index (χ3v) is 5.52. The minimum absolute atomic E-state index is 0.328. The molecule has 0 aromatic heterocycles. The van der Waals surface area contributed by atoms with Gasteiger partial charge >= 0.3 is 11.9 Å². The number of fused-ring (bicyclic) bond motifs is 2. The Labute approximate surface area is 185 Å². The van der Waals surface area contributed by atoms with Crippen LogP contribution in [0.3, 0.4) is 0 Å². The fraction of sp³-hybridized carbons (Fsp3) is 0.154. The molecule has 0 fully saturated rings. The summed E-state index contributed by atoms with van der Waals surface area (Å²) in [4.78, 5) is 25.6. The van der Waals surface area contributed by atoms with E-state index >= 15 is 0 Å². The summed E-state index contributed by atoms with van der Waals surface area (Å²) in [6.45, 7) is 0. The minimum Gasteiger partial charge on any atom is -0.497 e. The quantitative estimate of drug-likeness (QED) is 0.403. The van der Waals surface area contributed by atoms with Crippen molar-refractivity contribution in [1.82, 2.24) is 0 Å². The lowest BCUT2D eigenvalue weighted by molar-refractivity contribution is 0.0590. The molecule has 0 spiro atoms. The molecule has 0 aliphatic carbocycles. The van der Waals surface area contributed by atoms with Gasteiger partial charge in [-0.3, -0.25) is 0 Å². The van der Waals surface area contributed by atoms with Crippen LogP contribution in [-0.2, 0) is 9.47 Å². The van der Waals surface area contributed by atoms with E-state index in [-0.39, 0.29) is 0 Å². The van der Waals surface area contributed by atoms with Crippen LogP contribution in [0.25, 0.3) is 32.7 Å². The molecule has 0 atom stereocenters. The highest BCUT2D eigenvalue weighted by Crippen LogP contribution is 2.41. The van der Waals surface area contributed by atoms with Crippen LogP contribution in [0.15, 0.2) is 60.7 Å². The van der Waals surface area contributed by atoms with Gasteiger partial charge in [0.2, 0.25) is 0 Å². The van der Waals surface area contributed by atoms with E-state index in [0.29, 0.717) is 33.8 Å². The van der Waals surface area contributed by atoms with Gasteiger partial charge in [0.05, 0.1) is 39.6 Å². The summed E-state index contributed by atoms with van der Waals surface area (Å²) in [5.41, 5.74) is 1.78. The third kappa shape index (κ3) is 3.50. The van der Waals surface area contributed by atoms with E-state index in [1.807, 2.05) is 48.5 Å². The molecule has 0 unspecified atom stereocenters. The molecule has 0 N–H and O–H groups in total. The minimum atomic E-state index is -0.513. The van der Waals surface area contributed by atoms with Crippen molar-refractivity contribution in [3.8, 4) is 22.6 Å². The molecule has 0 radical (unpaired) electrons. The summed E-state index contributed by atoms with van der Waals surface area (Å²) in [5.74, 6) is 0.220. The van der Waals surface area contributed by atoms with Crippen LogP contribution >= 0.6 is 0 Å². The molecule has 32 heavy (non-hydrogen) atoms. The zero-order chi connectivity index (χ0) is 22.8. The summed E-state index contributed by atoms with van der Waals surface area (Å²) in [6.07, 6.45) is 0. The second-order valence-corrected chi connectivity index (χ2v) is 7.13. The fourth-order valence-corrected chi connectivity index (χ4v) is 3.95. The number of methoxy groups -OCH3 is 4. The number of benzene rings is 4. The number of carbonyl (C=O) groups is 2. The van der Waals surface area contributed by atoms with E-state index in [4.69, 9.17) is 18.9 Å². The maximum absolute atomic E-state index is 12.8. The smallest absolute Gasteiger partial charge is 0.338 e. The Kier molecular flexibility index (Phi) is 5.69. The van der Waals surface area contributed by atoms with Crippen LogP contribution in [0.1, 0.15) is 20.7 Å². The van der Waals surface area contributed by atoms with Crippen molar-refractivity contribution in [2.24, 2.45) is 0 Å². The highest BCUT2D eigenvalue weighted by atomic mass is 16.5. The van der Waals surface area contributed by atoms with E-state index in [1.54, 1.807) is 26.4 Å². The molecule has 0 saturated heterocycles. The fourth-order valence-electron chi connectivity index (χ4n) is 3.95. The largest absolute Gasteiger partial charge is 0.497 e. The molecule has 4 rings (SSSR count). The van der Waals surface area contributed by atoms with E-state index in [2.05, 4.69) is 0 Å². The van der Waals surface area contributed by atoms with Gasteiger partial charge in [-0.05, 0) is 57.9 Å². The Morgan fingerprint density at radius 3 is 1.28 bits per heavy atom. The van der Waals surface area contributed by atoms with Crippen molar-refractivity contribution in [2.45, 2.75) is 0 Å². The van der Waals surface area contributed by atoms with Crippen LogP contribution in [0, 0.1) is 0 Å². The SMILES string of the molecule is COC(=O)c1ccc2ccc(OC)cc2c1-c1c(C(=O)OC)ccc2ccc(OC)cc12. The molecule has 4 aromatic rings. The summed E-state index contributed by atoms with van der Waals surface area (Å²) < 4.78 is 21.0. The van der Waals surface area contributed by atoms with Gasteiger partial charge in [0.1, 0.15) is 11.5 Å². The monoisotopic (exact) mass is 430 g/mol.